The molecule has 2 saturated heterocycles. The molecule has 2 amide bonds. The average molecular weight is 539 g/mol. The van der Waals surface area contributed by atoms with Gasteiger partial charge in [-0.2, -0.15) is 0 Å². The lowest BCUT2D eigenvalue weighted by atomic mass is 9.81. The highest BCUT2D eigenvalue weighted by atomic mass is 32.2. The first kappa shape index (κ1) is 26.2. The van der Waals surface area contributed by atoms with Crippen molar-refractivity contribution in [1.82, 2.24) is 10.2 Å². The summed E-state index contributed by atoms with van der Waals surface area (Å²) in [7, 11) is 0. The number of hydrogen-bond donors (Lipinski definition) is 2. The second-order valence-electron chi connectivity index (χ2n) is 10.0. The van der Waals surface area contributed by atoms with E-state index in [2.05, 4.69) is 5.32 Å². The van der Waals surface area contributed by atoms with Gasteiger partial charge in [-0.25, -0.2) is 8.78 Å². The number of likely N-dealkylation sites (tertiary alicyclic amines) is 1. The van der Waals surface area contributed by atoms with Crippen LogP contribution in [-0.4, -0.2) is 54.2 Å². The van der Waals surface area contributed by atoms with E-state index >= 15 is 0 Å². The SMILES string of the molecule is Cc1cc(C(=O)N2CC(NC(=O)c3ccc(F)c(F)c3CSc3ccccc3)C3(COC3)C2)cc(C)c1O. The lowest BCUT2D eigenvalue weighted by molar-refractivity contribution is -0.114. The van der Waals surface area contributed by atoms with Gasteiger partial charge in [0.15, 0.2) is 11.6 Å². The highest BCUT2D eigenvalue weighted by molar-refractivity contribution is 7.98. The van der Waals surface area contributed by atoms with Gasteiger partial charge in [0.25, 0.3) is 11.8 Å². The summed E-state index contributed by atoms with van der Waals surface area (Å²) in [6.07, 6.45) is 0. The minimum Gasteiger partial charge on any atom is -0.507 e. The number of amides is 2. The maximum absolute atomic E-state index is 14.9. The maximum Gasteiger partial charge on any atom is 0.253 e. The molecule has 2 heterocycles. The molecule has 1 unspecified atom stereocenters. The molecule has 38 heavy (non-hydrogen) atoms. The number of halogens is 2. The Balaban J connectivity index is 1.36. The third-order valence-electron chi connectivity index (χ3n) is 7.32. The fraction of sp³-hybridized carbons (Fsp3) is 0.310. The van der Waals surface area contributed by atoms with Crippen molar-refractivity contribution in [2.24, 2.45) is 5.41 Å². The Morgan fingerprint density at radius 1 is 1.11 bits per heavy atom. The summed E-state index contributed by atoms with van der Waals surface area (Å²) in [6, 6.07) is 14.4. The summed E-state index contributed by atoms with van der Waals surface area (Å²) >= 11 is 1.31. The van der Waals surface area contributed by atoms with Crippen LogP contribution in [0.4, 0.5) is 8.78 Å². The number of aromatic hydroxyl groups is 1. The van der Waals surface area contributed by atoms with E-state index in [9.17, 15) is 23.5 Å². The van der Waals surface area contributed by atoms with Gasteiger partial charge in [0.2, 0.25) is 0 Å². The van der Waals surface area contributed by atoms with Crippen molar-refractivity contribution in [1.29, 1.82) is 0 Å². The third kappa shape index (κ3) is 4.88. The van der Waals surface area contributed by atoms with Crippen LogP contribution in [0, 0.1) is 30.9 Å². The number of nitrogens with zero attached hydrogens (tertiary/aromatic N) is 1. The first-order chi connectivity index (χ1) is 18.2. The zero-order valence-corrected chi connectivity index (χ0v) is 21.9. The number of hydrogen-bond acceptors (Lipinski definition) is 5. The molecule has 198 valence electrons. The predicted octanol–water partition coefficient (Wildman–Crippen LogP) is 4.85. The summed E-state index contributed by atoms with van der Waals surface area (Å²) in [5.74, 6) is -2.53. The number of thioether (sulfide) groups is 1. The summed E-state index contributed by atoms with van der Waals surface area (Å²) in [5, 5.41) is 13.1. The minimum atomic E-state index is -1.04. The molecule has 3 aromatic rings. The summed E-state index contributed by atoms with van der Waals surface area (Å²) in [4.78, 5) is 29.3. The van der Waals surface area contributed by atoms with Gasteiger partial charge in [-0.15, -0.1) is 11.8 Å². The normalized spacial score (nSPS) is 17.9. The number of nitrogens with one attached hydrogen (secondary N) is 1. The molecule has 0 aliphatic carbocycles. The highest BCUT2D eigenvalue weighted by Crippen LogP contribution is 2.39. The van der Waals surface area contributed by atoms with Crippen molar-refractivity contribution >= 4 is 23.6 Å². The molecule has 6 nitrogen and oxygen atoms in total. The van der Waals surface area contributed by atoms with Gasteiger partial charge in [-0.3, -0.25) is 9.59 Å². The zero-order valence-electron chi connectivity index (χ0n) is 21.1. The molecule has 2 aliphatic rings. The molecular formula is C29H28F2N2O4S. The van der Waals surface area contributed by atoms with Crippen molar-refractivity contribution in [3.05, 3.63) is 94.0 Å². The number of phenolic OH excluding ortho intramolecular Hbond substituents is 1. The second kappa shape index (κ2) is 10.4. The fourth-order valence-electron chi connectivity index (χ4n) is 5.10. The molecule has 0 saturated carbocycles. The molecule has 1 atom stereocenters. The van der Waals surface area contributed by atoms with Gasteiger partial charge in [0, 0.05) is 40.4 Å². The smallest absolute Gasteiger partial charge is 0.253 e. The van der Waals surface area contributed by atoms with Crippen LogP contribution in [0.2, 0.25) is 0 Å². The summed E-state index contributed by atoms with van der Waals surface area (Å²) in [5.41, 5.74) is 1.29. The van der Waals surface area contributed by atoms with Crippen LogP contribution in [0.15, 0.2) is 59.5 Å². The molecule has 0 aromatic heterocycles. The monoisotopic (exact) mass is 538 g/mol. The standard InChI is InChI=1S/C29H28F2N2O4S/c1-17-10-19(11-18(2)26(17)34)28(36)33-12-24(29(14-33)15-37-16-29)32-27(35)21-8-9-23(30)25(31)22(21)13-38-20-6-4-3-5-7-20/h3-11,24,34H,12-16H2,1-2H3,(H,32,35). The maximum atomic E-state index is 14.9. The first-order valence-electron chi connectivity index (χ1n) is 12.3. The molecule has 0 radical (unpaired) electrons. The van der Waals surface area contributed by atoms with Crippen molar-refractivity contribution in [2.75, 3.05) is 26.3 Å². The second-order valence-corrected chi connectivity index (χ2v) is 11.1. The molecule has 0 bridgehead atoms. The average Bonchev–Trinajstić information content (AvgIpc) is 3.27. The summed E-state index contributed by atoms with van der Waals surface area (Å²) < 4.78 is 34.5. The van der Waals surface area contributed by atoms with Gasteiger partial charge in [0.05, 0.1) is 24.7 Å². The first-order valence-corrected chi connectivity index (χ1v) is 13.3. The van der Waals surface area contributed by atoms with Gasteiger partial charge >= 0.3 is 0 Å². The molecule has 1 spiro atoms. The number of carbonyl (C=O) groups excluding carboxylic acids is 2. The molecule has 3 aromatic carbocycles. The van der Waals surface area contributed by atoms with E-state index in [1.54, 1.807) is 30.9 Å². The van der Waals surface area contributed by atoms with Crippen LogP contribution in [-0.2, 0) is 10.5 Å². The topological polar surface area (TPSA) is 78.9 Å². The molecule has 5 rings (SSSR count). The van der Waals surface area contributed by atoms with E-state index in [-0.39, 0.29) is 35.1 Å². The minimum absolute atomic E-state index is 0.00349. The van der Waals surface area contributed by atoms with Crippen LogP contribution in [0.1, 0.15) is 37.4 Å². The Morgan fingerprint density at radius 3 is 2.42 bits per heavy atom. The van der Waals surface area contributed by atoms with Crippen LogP contribution in [0.3, 0.4) is 0 Å². The lowest BCUT2D eigenvalue weighted by Gasteiger charge is -2.42. The predicted molar refractivity (Wildman–Crippen MR) is 140 cm³/mol. The van der Waals surface area contributed by atoms with Crippen LogP contribution < -0.4 is 5.32 Å². The van der Waals surface area contributed by atoms with Crippen LogP contribution in [0.5, 0.6) is 5.75 Å². The molecule has 2 aliphatic heterocycles. The van der Waals surface area contributed by atoms with Crippen LogP contribution >= 0.6 is 11.8 Å². The van der Waals surface area contributed by atoms with Gasteiger partial charge < -0.3 is 20.1 Å². The van der Waals surface area contributed by atoms with Crippen LogP contribution in [0.25, 0.3) is 0 Å². The van der Waals surface area contributed by atoms with E-state index in [4.69, 9.17) is 4.74 Å². The van der Waals surface area contributed by atoms with E-state index in [0.29, 0.717) is 36.4 Å². The summed E-state index contributed by atoms with van der Waals surface area (Å²) in [6.45, 7) is 4.88. The van der Waals surface area contributed by atoms with Crippen molar-refractivity contribution in [3.8, 4) is 5.75 Å². The largest absolute Gasteiger partial charge is 0.507 e. The molecule has 2 fully saturated rings. The highest BCUT2D eigenvalue weighted by Gasteiger charge is 2.54. The van der Waals surface area contributed by atoms with Gasteiger partial charge in [0.1, 0.15) is 5.75 Å². The molecule has 9 heteroatoms. The van der Waals surface area contributed by atoms with Gasteiger partial charge in [-0.05, 0) is 61.4 Å². The number of phenols is 1. The lowest BCUT2D eigenvalue weighted by Crippen LogP contribution is -2.57. The molecular weight excluding hydrogens is 510 g/mol. The Kier molecular flexibility index (Phi) is 7.15. The number of benzene rings is 3. The Bertz CT molecular complexity index is 1370. The quantitative estimate of drug-likeness (QED) is 0.439. The Morgan fingerprint density at radius 2 is 1.79 bits per heavy atom. The Hall–Kier alpha value is -3.43. The van der Waals surface area contributed by atoms with Crippen molar-refractivity contribution in [3.63, 3.8) is 0 Å². The number of rotatable bonds is 6. The van der Waals surface area contributed by atoms with E-state index in [1.807, 2.05) is 30.3 Å². The van der Waals surface area contributed by atoms with Gasteiger partial charge in [-0.1, -0.05) is 18.2 Å². The number of ether oxygens (including phenoxy) is 1. The Labute approximate surface area is 224 Å². The van der Waals surface area contributed by atoms with E-state index in [0.717, 1.165) is 11.0 Å². The zero-order chi connectivity index (χ0) is 27.0. The van der Waals surface area contributed by atoms with E-state index < -0.39 is 29.0 Å². The third-order valence-corrected chi connectivity index (χ3v) is 8.36. The van der Waals surface area contributed by atoms with E-state index in [1.165, 1.54) is 17.8 Å². The van der Waals surface area contributed by atoms with Crippen molar-refractivity contribution < 1.29 is 28.2 Å². The number of aryl methyl sites for hydroxylation is 2. The molecule has 2 N–H and O–H groups in total. The van der Waals surface area contributed by atoms with Crippen molar-refractivity contribution in [2.45, 2.75) is 30.5 Å². The number of carbonyl (C=O) groups is 2. The fourth-order valence-corrected chi connectivity index (χ4v) is 6.04.